The van der Waals surface area contributed by atoms with E-state index in [1.54, 1.807) is 0 Å². The summed E-state index contributed by atoms with van der Waals surface area (Å²) in [6, 6.07) is 42.9. The third-order valence-corrected chi connectivity index (χ3v) is 16.7. The highest BCUT2D eigenvalue weighted by atomic mass is 28.3. The molecule has 50 heavy (non-hydrogen) atoms. The van der Waals surface area contributed by atoms with E-state index in [-0.39, 0.29) is 0 Å². The van der Waals surface area contributed by atoms with Crippen LogP contribution in [0.15, 0.2) is 193 Å². The number of allylic oxidation sites excluding steroid dienone is 9. The standard InChI is InChI=1S/C48H45NSi/c1-6-18-36(19-7-1)43-32-30-41(34-45(43)37-20-8-2-9-21-37)50(39-24-12-4-13-25-39,40-26-14-5-15-27-40)42-31-33-48-46(35-42)44-28-16-17-29-47(44)49(48)38-22-10-3-11-23-38/h1-2,4-10,12-18,20-22,24-36,38,44,46-48H,3,11,19,23H2. The van der Waals surface area contributed by atoms with Gasteiger partial charge in [0.05, 0.1) is 0 Å². The Morgan fingerprint density at radius 3 is 1.98 bits per heavy atom. The number of likely N-dealkylation sites (tertiary alicyclic amines) is 1. The minimum atomic E-state index is -2.77. The Hall–Kier alpha value is -4.76. The molecule has 0 spiro atoms. The van der Waals surface area contributed by atoms with Crippen LogP contribution in [0.25, 0.3) is 11.1 Å². The molecule has 1 saturated heterocycles. The lowest BCUT2D eigenvalue weighted by Gasteiger charge is -2.40. The first-order valence-electron chi connectivity index (χ1n) is 18.7. The van der Waals surface area contributed by atoms with Gasteiger partial charge in [0.25, 0.3) is 0 Å². The fourth-order valence-corrected chi connectivity index (χ4v) is 14.6. The molecule has 6 unspecified atom stereocenters. The maximum Gasteiger partial charge on any atom is 0.179 e. The van der Waals surface area contributed by atoms with Crippen LogP contribution in [0.3, 0.4) is 0 Å². The van der Waals surface area contributed by atoms with Gasteiger partial charge in [-0.1, -0.05) is 188 Å². The summed E-state index contributed by atoms with van der Waals surface area (Å²) >= 11 is 0. The van der Waals surface area contributed by atoms with Gasteiger partial charge in [-0.25, -0.2) is 0 Å². The van der Waals surface area contributed by atoms with Crippen LogP contribution in [0.4, 0.5) is 0 Å². The van der Waals surface area contributed by atoms with Gasteiger partial charge in [0.15, 0.2) is 8.07 Å². The lowest BCUT2D eigenvalue weighted by Crippen LogP contribution is -2.68. The third kappa shape index (κ3) is 5.34. The van der Waals surface area contributed by atoms with Crippen molar-refractivity contribution in [2.45, 2.75) is 49.7 Å². The Balaban J connectivity index is 1.27. The number of hydrogen-bond donors (Lipinski definition) is 0. The van der Waals surface area contributed by atoms with Crippen LogP contribution in [0.2, 0.25) is 0 Å². The van der Waals surface area contributed by atoms with E-state index in [1.165, 1.54) is 56.7 Å². The minimum Gasteiger partial charge on any atom is -0.283 e. The Labute approximate surface area is 299 Å². The van der Waals surface area contributed by atoms with Crippen molar-refractivity contribution in [3.63, 3.8) is 0 Å². The summed E-state index contributed by atoms with van der Waals surface area (Å²) < 4.78 is 0. The predicted molar refractivity (Wildman–Crippen MR) is 214 cm³/mol. The first kappa shape index (κ1) is 31.2. The molecule has 0 bridgehead atoms. The Morgan fingerprint density at radius 2 is 1.28 bits per heavy atom. The highest BCUT2D eigenvalue weighted by Gasteiger charge is 2.51. The number of fused-ring (bicyclic) bond motifs is 3. The van der Waals surface area contributed by atoms with Crippen LogP contribution in [0.1, 0.15) is 37.2 Å². The molecule has 0 N–H and O–H groups in total. The molecule has 5 aliphatic rings. The first-order valence-corrected chi connectivity index (χ1v) is 20.7. The summed E-state index contributed by atoms with van der Waals surface area (Å²) in [7, 11) is -2.77. The highest BCUT2D eigenvalue weighted by molar-refractivity contribution is 7.16. The molecular weight excluding hydrogens is 619 g/mol. The van der Waals surface area contributed by atoms with Crippen molar-refractivity contribution in [1.82, 2.24) is 4.90 Å². The Kier molecular flexibility index (Phi) is 8.44. The summed E-state index contributed by atoms with van der Waals surface area (Å²) in [6.45, 7) is 0. The minimum absolute atomic E-state index is 0.365. The molecule has 1 aliphatic heterocycles. The van der Waals surface area contributed by atoms with Crippen molar-refractivity contribution in [2.75, 3.05) is 0 Å². The molecule has 0 saturated carbocycles. The fourth-order valence-electron chi connectivity index (χ4n) is 9.70. The molecule has 1 heterocycles. The number of rotatable bonds is 7. The van der Waals surface area contributed by atoms with Crippen LogP contribution in [-0.4, -0.2) is 31.1 Å². The molecule has 1 nitrogen and oxygen atoms in total. The average molecular weight is 664 g/mol. The normalized spacial score (nSPS) is 26.8. The van der Waals surface area contributed by atoms with Gasteiger partial charge < -0.3 is 0 Å². The van der Waals surface area contributed by atoms with Crippen LogP contribution in [0, 0.1) is 11.8 Å². The molecule has 4 aromatic carbocycles. The summed E-state index contributed by atoms with van der Waals surface area (Å²) in [5.41, 5.74) is 4.05. The number of hydrogen-bond acceptors (Lipinski definition) is 1. The zero-order valence-corrected chi connectivity index (χ0v) is 29.6. The predicted octanol–water partition coefficient (Wildman–Crippen LogP) is 8.98. The van der Waals surface area contributed by atoms with Crippen molar-refractivity contribution in [2.24, 2.45) is 11.8 Å². The zero-order chi connectivity index (χ0) is 33.3. The van der Waals surface area contributed by atoms with Gasteiger partial charge in [-0.15, -0.1) is 0 Å². The Morgan fingerprint density at radius 1 is 0.580 bits per heavy atom. The third-order valence-electron chi connectivity index (χ3n) is 11.9. The summed E-state index contributed by atoms with van der Waals surface area (Å²) in [4.78, 5) is 2.84. The van der Waals surface area contributed by atoms with Crippen molar-refractivity contribution in [3.05, 3.63) is 199 Å². The van der Waals surface area contributed by atoms with Crippen LogP contribution in [0.5, 0.6) is 0 Å². The summed E-state index contributed by atoms with van der Waals surface area (Å²) in [6.07, 6.45) is 36.2. The van der Waals surface area contributed by atoms with Gasteiger partial charge in [-0.05, 0) is 63.1 Å². The van der Waals surface area contributed by atoms with Gasteiger partial charge in [0.1, 0.15) is 0 Å². The monoisotopic (exact) mass is 663 g/mol. The molecule has 1 fully saturated rings. The van der Waals surface area contributed by atoms with Gasteiger partial charge in [0, 0.05) is 35.9 Å². The molecule has 4 aliphatic carbocycles. The average Bonchev–Trinajstić information content (AvgIpc) is 3.54. The fraction of sp³-hybridized carbons (Fsp3) is 0.208. The lowest BCUT2D eigenvalue weighted by molar-refractivity contribution is 0.179. The quantitative estimate of drug-likeness (QED) is 0.108. The lowest BCUT2D eigenvalue weighted by atomic mass is 9.83. The Bertz CT molecular complexity index is 2010. The second-order valence-electron chi connectivity index (χ2n) is 14.6. The topological polar surface area (TPSA) is 3.24 Å². The molecule has 0 amide bonds. The van der Waals surface area contributed by atoms with Crippen molar-refractivity contribution < 1.29 is 0 Å². The SMILES string of the molecule is C1=CCC(c2ccc([Si](C3=CC4C5C=CC=CC5N(C5C=CCCC5)C4C=C3)(c3ccccc3)c3ccccc3)cc2-c2ccccc2)C=C1. The number of nitrogens with zero attached hydrogens (tertiary/aromatic N) is 1. The molecule has 9 rings (SSSR count). The van der Waals surface area contributed by atoms with Crippen LogP contribution in [-0.2, 0) is 0 Å². The highest BCUT2D eigenvalue weighted by Crippen LogP contribution is 2.46. The van der Waals surface area contributed by atoms with Crippen LogP contribution < -0.4 is 15.6 Å². The van der Waals surface area contributed by atoms with E-state index in [4.69, 9.17) is 0 Å². The summed E-state index contributed by atoms with van der Waals surface area (Å²) in [5, 5.41) is 5.83. The van der Waals surface area contributed by atoms with E-state index in [2.05, 4.69) is 193 Å². The molecule has 6 atom stereocenters. The van der Waals surface area contributed by atoms with E-state index in [9.17, 15) is 0 Å². The smallest absolute Gasteiger partial charge is 0.179 e. The van der Waals surface area contributed by atoms with E-state index < -0.39 is 8.07 Å². The van der Waals surface area contributed by atoms with Crippen LogP contribution >= 0.6 is 0 Å². The van der Waals surface area contributed by atoms with Gasteiger partial charge in [0.2, 0.25) is 0 Å². The van der Waals surface area contributed by atoms with E-state index in [0.717, 1.165) is 6.42 Å². The molecule has 0 aromatic heterocycles. The summed E-state index contributed by atoms with van der Waals surface area (Å²) in [5.74, 6) is 1.25. The molecule has 0 radical (unpaired) electrons. The van der Waals surface area contributed by atoms with E-state index in [1.807, 2.05) is 0 Å². The van der Waals surface area contributed by atoms with Gasteiger partial charge >= 0.3 is 0 Å². The first-order chi connectivity index (χ1) is 24.8. The van der Waals surface area contributed by atoms with E-state index >= 15 is 0 Å². The second kappa shape index (κ2) is 13.5. The molecule has 2 heteroatoms. The van der Waals surface area contributed by atoms with E-state index in [0.29, 0.717) is 35.9 Å². The van der Waals surface area contributed by atoms with Crippen molar-refractivity contribution in [1.29, 1.82) is 0 Å². The maximum absolute atomic E-state index is 2.84. The van der Waals surface area contributed by atoms with Crippen molar-refractivity contribution in [3.8, 4) is 11.1 Å². The molecule has 4 aromatic rings. The maximum atomic E-state index is 2.84. The van der Waals surface area contributed by atoms with Crippen molar-refractivity contribution >= 4 is 23.6 Å². The number of benzene rings is 4. The molecular formula is C48H45NSi. The largest absolute Gasteiger partial charge is 0.283 e. The van der Waals surface area contributed by atoms with Gasteiger partial charge in [-0.3, -0.25) is 4.90 Å². The van der Waals surface area contributed by atoms with Gasteiger partial charge in [-0.2, -0.15) is 0 Å². The second-order valence-corrected chi connectivity index (χ2v) is 18.4. The molecule has 246 valence electrons. The zero-order valence-electron chi connectivity index (χ0n) is 28.6.